The fourth-order valence-electron chi connectivity index (χ4n) is 3.18. The largest absolute Gasteiger partial charge is 0.373 e. The number of ketones is 1. The average Bonchev–Trinajstić information content (AvgIpc) is 3.18. The van der Waals surface area contributed by atoms with Crippen molar-refractivity contribution < 1.29 is 23.5 Å². The van der Waals surface area contributed by atoms with Gasteiger partial charge in [-0.15, -0.1) is 0 Å². The van der Waals surface area contributed by atoms with Gasteiger partial charge < -0.3 is 10.0 Å². The normalized spacial score (nSPS) is 19.9. The molecule has 2 aromatic rings. The van der Waals surface area contributed by atoms with Crippen LogP contribution in [-0.4, -0.2) is 38.7 Å². The first-order valence-electron chi connectivity index (χ1n) is 8.77. The van der Waals surface area contributed by atoms with Gasteiger partial charge in [0.2, 0.25) is 5.60 Å². The number of benzene rings is 1. The number of carbonyl (C=O) groups is 2. The number of Topliss-reactive ketones (excluding diaryl/α,β-unsaturated/α-hetero) is 1. The van der Waals surface area contributed by atoms with Crippen LogP contribution in [0.4, 0.5) is 14.5 Å². The molecular weight excluding hydrogens is 356 g/mol. The molecule has 0 spiro atoms. The maximum atomic E-state index is 13.2. The number of aromatic nitrogens is 2. The van der Waals surface area contributed by atoms with Gasteiger partial charge >= 0.3 is 0 Å². The SMILES string of the molecule is CC(C)n1cc(N2CC[C@@](O)(C(=O)CCc3cc(F)cc(F)c3)C2=O)cn1. The van der Waals surface area contributed by atoms with Crippen molar-refractivity contribution in [1.29, 1.82) is 0 Å². The highest BCUT2D eigenvalue weighted by atomic mass is 19.1. The molecule has 1 aliphatic rings. The number of rotatable bonds is 6. The molecular formula is C19H21F2N3O3. The van der Waals surface area contributed by atoms with Crippen molar-refractivity contribution in [2.75, 3.05) is 11.4 Å². The zero-order valence-electron chi connectivity index (χ0n) is 15.2. The minimum atomic E-state index is -2.12. The molecule has 8 heteroatoms. The third kappa shape index (κ3) is 3.75. The van der Waals surface area contributed by atoms with Crippen LogP contribution in [0.5, 0.6) is 0 Å². The molecule has 1 fully saturated rings. The van der Waals surface area contributed by atoms with Gasteiger partial charge in [0, 0.05) is 37.7 Å². The molecule has 27 heavy (non-hydrogen) atoms. The van der Waals surface area contributed by atoms with E-state index in [4.69, 9.17) is 0 Å². The summed E-state index contributed by atoms with van der Waals surface area (Å²) >= 11 is 0. The molecule has 1 aliphatic heterocycles. The number of hydrogen-bond acceptors (Lipinski definition) is 4. The molecule has 1 atom stereocenters. The molecule has 1 saturated heterocycles. The van der Waals surface area contributed by atoms with E-state index in [1.807, 2.05) is 13.8 Å². The summed E-state index contributed by atoms with van der Waals surface area (Å²) in [5.41, 5.74) is -1.30. The lowest BCUT2D eigenvalue weighted by Crippen LogP contribution is -2.47. The molecule has 3 rings (SSSR count). The first-order chi connectivity index (χ1) is 12.7. The summed E-state index contributed by atoms with van der Waals surface area (Å²) in [5.74, 6) is -2.82. The molecule has 2 heterocycles. The highest BCUT2D eigenvalue weighted by Crippen LogP contribution is 2.30. The van der Waals surface area contributed by atoms with Crippen LogP contribution in [0.25, 0.3) is 0 Å². The van der Waals surface area contributed by atoms with Crippen molar-refractivity contribution in [3.63, 3.8) is 0 Å². The zero-order valence-corrected chi connectivity index (χ0v) is 15.2. The monoisotopic (exact) mass is 377 g/mol. The second-order valence-corrected chi connectivity index (χ2v) is 7.04. The van der Waals surface area contributed by atoms with E-state index in [-0.39, 0.29) is 31.8 Å². The van der Waals surface area contributed by atoms with Gasteiger partial charge in [0.15, 0.2) is 5.78 Å². The summed E-state index contributed by atoms with van der Waals surface area (Å²) in [6, 6.07) is 3.12. The zero-order chi connectivity index (χ0) is 19.8. The highest BCUT2D eigenvalue weighted by molar-refractivity contribution is 6.16. The number of carbonyl (C=O) groups excluding carboxylic acids is 2. The topological polar surface area (TPSA) is 75.4 Å². The van der Waals surface area contributed by atoms with Crippen LogP contribution in [0.15, 0.2) is 30.6 Å². The summed E-state index contributed by atoms with van der Waals surface area (Å²) in [4.78, 5) is 26.5. The van der Waals surface area contributed by atoms with Crippen LogP contribution in [-0.2, 0) is 16.0 Å². The van der Waals surface area contributed by atoms with E-state index >= 15 is 0 Å². The highest BCUT2D eigenvalue weighted by Gasteiger charge is 2.51. The Labute approximate surface area is 155 Å². The summed E-state index contributed by atoms with van der Waals surface area (Å²) in [6.45, 7) is 4.08. The van der Waals surface area contributed by atoms with Crippen molar-refractivity contribution in [2.45, 2.75) is 44.8 Å². The molecule has 1 amide bonds. The van der Waals surface area contributed by atoms with E-state index in [9.17, 15) is 23.5 Å². The molecule has 1 aromatic carbocycles. The fourth-order valence-corrected chi connectivity index (χ4v) is 3.18. The van der Waals surface area contributed by atoms with Crippen molar-refractivity contribution >= 4 is 17.4 Å². The lowest BCUT2D eigenvalue weighted by molar-refractivity contribution is -0.147. The van der Waals surface area contributed by atoms with Crippen molar-refractivity contribution in [3.05, 3.63) is 47.8 Å². The number of nitrogens with zero attached hydrogens (tertiary/aromatic N) is 3. The van der Waals surface area contributed by atoms with Gasteiger partial charge in [0.05, 0.1) is 11.9 Å². The van der Waals surface area contributed by atoms with Gasteiger partial charge in [0.1, 0.15) is 11.6 Å². The molecule has 0 saturated carbocycles. The van der Waals surface area contributed by atoms with Crippen LogP contribution < -0.4 is 4.90 Å². The molecule has 1 N–H and O–H groups in total. The Kier molecular flexibility index (Phi) is 5.10. The number of hydrogen-bond donors (Lipinski definition) is 1. The second-order valence-electron chi connectivity index (χ2n) is 7.04. The molecule has 0 unspecified atom stereocenters. The Balaban J connectivity index is 1.70. The Hall–Kier alpha value is -2.61. The van der Waals surface area contributed by atoms with Gasteiger partial charge in [-0.1, -0.05) is 0 Å². The molecule has 0 bridgehead atoms. The van der Waals surface area contributed by atoms with Crippen molar-refractivity contribution in [1.82, 2.24) is 9.78 Å². The fraction of sp³-hybridized carbons (Fsp3) is 0.421. The quantitative estimate of drug-likeness (QED) is 0.785. The van der Waals surface area contributed by atoms with Crippen LogP contribution >= 0.6 is 0 Å². The van der Waals surface area contributed by atoms with Gasteiger partial charge in [-0.3, -0.25) is 14.3 Å². The van der Waals surface area contributed by atoms with E-state index in [1.54, 1.807) is 10.9 Å². The van der Waals surface area contributed by atoms with Crippen LogP contribution in [0.2, 0.25) is 0 Å². The first-order valence-corrected chi connectivity index (χ1v) is 8.77. The lowest BCUT2D eigenvalue weighted by Gasteiger charge is -2.20. The maximum absolute atomic E-state index is 13.2. The van der Waals surface area contributed by atoms with E-state index in [1.165, 1.54) is 11.1 Å². The van der Waals surface area contributed by atoms with E-state index in [0.717, 1.165) is 18.2 Å². The smallest absolute Gasteiger partial charge is 0.266 e. The Morgan fingerprint density at radius 1 is 1.30 bits per heavy atom. The number of halogens is 2. The Morgan fingerprint density at radius 3 is 2.56 bits per heavy atom. The molecule has 1 aromatic heterocycles. The summed E-state index contributed by atoms with van der Waals surface area (Å²) in [7, 11) is 0. The Bertz CT molecular complexity index is 861. The standard InChI is InChI=1S/C19H21F2N3O3/c1-12(2)24-11-16(10-22-24)23-6-5-19(27,18(23)26)17(25)4-3-13-7-14(20)9-15(21)8-13/h7-12,27H,3-6H2,1-2H3/t19-/m1/s1. The van der Waals surface area contributed by atoms with Crippen molar-refractivity contribution in [2.24, 2.45) is 0 Å². The number of amides is 1. The first kappa shape index (κ1) is 19.2. The van der Waals surface area contributed by atoms with Gasteiger partial charge in [-0.05, 0) is 38.0 Å². The van der Waals surface area contributed by atoms with Crippen LogP contribution in [0.1, 0.15) is 38.3 Å². The van der Waals surface area contributed by atoms with Gasteiger partial charge in [0.25, 0.3) is 5.91 Å². The Morgan fingerprint density at radius 2 is 1.96 bits per heavy atom. The predicted octanol–water partition coefficient (Wildman–Crippen LogP) is 2.41. The third-order valence-electron chi connectivity index (χ3n) is 4.75. The molecule has 0 radical (unpaired) electrons. The molecule has 0 aliphatic carbocycles. The summed E-state index contributed by atoms with van der Waals surface area (Å²) in [5, 5.41) is 14.8. The van der Waals surface area contributed by atoms with Crippen LogP contribution in [0.3, 0.4) is 0 Å². The number of anilines is 1. The van der Waals surface area contributed by atoms with Crippen LogP contribution in [0, 0.1) is 11.6 Å². The number of aryl methyl sites for hydroxylation is 1. The minimum absolute atomic E-state index is 0.0327. The van der Waals surface area contributed by atoms with Gasteiger partial charge in [-0.2, -0.15) is 5.10 Å². The van der Waals surface area contributed by atoms with E-state index in [2.05, 4.69) is 5.10 Å². The van der Waals surface area contributed by atoms with E-state index < -0.39 is 28.9 Å². The number of aliphatic hydroxyl groups is 1. The molecule has 144 valence electrons. The van der Waals surface area contributed by atoms with Crippen molar-refractivity contribution in [3.8, 4) is 0 Å². The molecule has 6 nitrogen and oxygen atoms in total. The lowest BCUT2D eigenvalue weighted by atomic mass is 9.92. The maximum Gasteiger partial charge on any atom is 0.266 e. The third-order valence-corrected chi connectivity index (χ3v) is 4.75. The second kappa shape index (κ2) is 7.19. The average molecular weight is 377 g/mol. The van der Waals surface area contributed by atoms with Gasteiger partial charge in [-0.25, -0.2) is 8.78 Å². The minimum Gasteiger partial charge on any atom is -0.373 e. The predicted molar refractivity (Wildman–Crippen MR) is 94.2 cm³/mol. The summed E-state index contributed by atoms with van der Waals surface area (Å²) < 4.78 is 28.2. The van der Waals surface area contributed by atoms with E-state index in [0.29, 0.717) is 11.3 Å². The summed E-state index contributed by atoms with van der Waals surface area (Å²) in [6.07, 6.45) is 3.02.